The number of benzene rings is 1. The molecule has 2 N–H and O–H groups in total. The topological polar surface area (TPSA) is 117 Å². The summed E-state index contributed by atoms with van der Waals surface area (Å²) in [5, 5.41) is 11.8. The van der Waals surface area contributed by atoms with Gasteiger partial charge >= 0.3 is 5.97 Å². The lowest BCUT2D eigenvalue weighted by molar-refractivity contribution is -0.136. The Morgan fingerprint density at radius 3 is 2.53 bits per heavy atom. The number of nitrogens with zero attached hydrogens (tertiary/aromatic N) is 4. The minimum Gasteiger partial charge on any atom is -0.481 e. The summed E-state index contributed by atoms with van der Waals surface area (Å²) in [6.45, 7) is 2.07. The Kier molecular flexibility index (Phi) is 6.90. The molecule has 3 aromatic rings. The highest BCUT2D eigenvalue weighted by molar-refractivity contribution is 5.95. The van der Waals surface area contributed by atoms with E-state index in [4.69, 9.17) is 10.1 Å². The Morgan fingerprint density at radius 2 is 1.91 bits per heavy atom. The van der Waals surface area contributed by atoms with Crippen LogP contribution < -0.4 is 15.8 Å². The fourth-order valence-electron chi connectivity index (χ4n) is 4.24. The molecule has 1 aliphatic carbocycles. The number of amides is 1. The molecule has 4 rings (SSSR count). The second-order valence-electron chi connectivity index (χ2n) is 8.58. The molecule has 1 aliphatic rings. The highest BCUT2D eigenvalue weighted by atomic mass is 16.4. The van der Waals surface area contributed by atoms with Crippen LogP contribution in [0, 0.1) is 5.92 Å². The number of aromatic nitrogens is 3. The van der Waals surface area contributed by atoms with Gasteiger partial charge in [-0.1, -0.05) is 43.7 Å². The Bertz CT molecular complexity index is 1250. The van der Waals surface area contributed by atoms with Crippen molar-refractivity contribution in [2.24, 2.45) is 5.92 Å². The zero-order valence-electron chi connectivity index (χ0n) is 19.4. The first-order valence-corrected chi connectivity index (χ1v) is 11.6. The fourth-order valence-corrected chi connectivity index (χ4v) is 4.24. The average molecular weight is 464 g/mol. The van der Waals surface area contributed by atoms with E-state index < -0.39 is 5.97 Å². The summed E-state index contributed by atoms with van der Waals surface area (Å²) in [7, 11) is 1.71. The second-order valence-corrected chi connectivity index (χ2v) is 8.58. The third-order valence-corrected chi connectivity index (χ3v) is 6.36. The van der Waals surface area contributed by atoms with E-state index in [1.54, 1.807) is 28.6 Å². The van der Waals surface area contributed by atoms with Crippen LogP contribution in [0.2, 0.25) is 0 Å². The molecule has 0 saturated heterocycles. The van der Waals surface area contributed by atoms with Crippen molar-refractivity contribution in [3.8, 4) is 0 Å². The predicted molar refractivity (Wildman–Crippen MR) is 130 cm³/mol. The van der Waals surface area contributed by atoms with Crippen molar-refractivity contribution < 1.29 is 14.7 Å². The Hall–Kier alpha value is -3.75. The number of nitrogens with one attached hydrogen (secondary N) is 1. The summed E-state index contributed by atoms with van der Waals surface area (Å²) < 4.78 is 1.60. The van der Waals surface area contributed by atoms with Crippen molar-refractivity contribution in [1.29, 1.82) is 0 Å². The van der Waals surface area contributed by atoms with Crippen LogP contribution in [0.1, 0.15) is 50.6 Å². The van der Waals surface area contributed by atoms with Gasteiger partial charge in [0.15, 0.2) is 11.5 Å². The van der Waals surface area contributed by atoms with Crippen molar-refractivity contribution in [1.82, 2.24) is 14.5 Å². The lowest BCUT2D eigenvalue weighted by Crippen LogP contribution is -2.37. The van der Waals surface area contributed by atoms with Crippen LogP contribution in [0.25, 0.3) is 11.2 Å². The molecule has 9 nitrogen and oxygen atoms in total. The number of hydrogen-bond acceptors (Lipinski definition) is 6. The molecule has 2 aromatic heterocycles. The van der Waals surface area contributed by atoms with Crippen molar-refractivity contribution in [3.05, 3.63) is 58.4 Å². The van der Waals surface area contributed by atoms with E-state index in [0.717, 1.165) is 24.8 Å². The standard InChI is InChI=1S/C25H29N5O4/c1-3-19(16-8-5-4-6-9-16)30-23-18(27-22(25(30)34)26-15-14-21(31)32)12-13-20(28-23)29(2)24(33)17-10-7-11-17/h4-6,8-9,12-13,17,19H,3,7,10-11,14-15H2,1-2H3,(H,26,27)(H,31,32). The molecule has 2 heterocycles. The summed E-state index contributed by atoms with van der Waals surface area (Å²) in [4.78, 5) is 48.0. The number of hydrogen-bond donors (Lipinski definition) is 2. The number of carbonyl (C=O) groups excluding carboxylic acids is 1. The van der Waals surface area contributed by atoms with Crippen LogP contribution in [-0.2, 0) is 9.59 Å². The molecular weight excluding hydrogens is 434 g/mol. The third kappa shape index (κ3) is 4.64. The molecular formula is C25H29N5O4. The molecule has 34 heavy (non-hydrogen) atoms. The van der Waals surface area contributed by atoms with Crippen molar-refractivity contribution >= 4 is 34.7 Å². The fraction of sp³-hybridized carbons (Fsp3) is 0.400. The van der Waals surface area contributed by atoms with Gasteiger partial charge in [0, 0.05) is 19.5 Å². The van der Waals surface area contributed by atoms with Gasteiger partial charge in [-0.3, -0.25) is 23.9 Å². The van der Waals surface area contributed by atoms with Gasteiger partial charge in [0.2, 0.25) is 5.91 Å². The third-order valence-electron chi connectivity index (χ3n) is 6.36. The van der Waals surface area contributed by atoms with E-state index in [0.29, 0.717) is 23.4 Å². The zero-order chi connectivity index (χ0) is 24.2. The van der Waals surface area contributed by atoms with E-state index in [1.165, 1.54) is 0 Å². The van der Waals surface area contributed by atoms with Gasteiger partial charge in [0.25, 0.3) is 5.56 Å². The molecule has 1 fully saturated rings. The average Bonchev–Trinajstić information content (AvgIpc) is 2.80. The van der Waals surface area contributed by atoms with Gasteiger partial charge in [-0.15, -0.1) is 0 Å². The zero-order valence-corrected chi connectivity index (χ0v) is 19.4. The number of aliphatic carboxylic acids is 1. The molecule has 0 radical (unpaired) electrons. The Balaban J connectivity index is 1.84. The van der Waals surface area contributed by atoms with Crippen molar-refractivity contribution in [2.75, 3.05) is 23.8 Å². The summed E-state index contributed by atoms with van der Waals surface area (Å²) in [5.41, 5.74) is 1.43. The molecule has 1 atom stereocenters. The van der Waals surface area contributed by atoms with Crippen LogP contribution in [0.15, 0.2) is 47.3 Å². The van der Waals surface area contributed by atoms with E-state index in [1.807, 2.05) is 37.3 Å². The summed E-state index contributed by atoms with van der Waals surface area (Å²) in [6, 6.07) is 12.8. The van der Waals surface area contributed by atoms with E-state index >= 15 is 0 Å². The van der Waals surface area contributed by atoms with Gasteiger partial charge < -0.3 is 10.4 Å². The highest BCUT2D eigenvalue weighted by Crippen LogP contribution is 2.30. The van der Waals surface area contributed by atoms with E-state index in [-0.39, 0.29) is 42.2 Å². The number of fused-ring (bicyclic) bond motifs is 1. The first kappa shape index (κ1) is 23.4. The molecule has 9 heteroatoms. The Labute approximate surface area is 197 Å². The lowest BCUT2D eigenvalue weighted by Gasteiger charge is -2.29. The van der Waals surface area contributed by atoms with Gasteiger partial charge in [0.05, 0.1) is 12.5 Å². The summed E-state index contributed by atoms with van der Waals surface area (Å²) in [6.07, 6.45) is 3.33. The second kappa shape index (κ2) is 10.0. The number of carboxylic acids is 1. The molecule has 1 unspecified atom stereocenters. The number of rotatable bonds is 9. The van der Waals surface area contributed by atoms with Gasteiger partial charge in [-0.2, -0.15) is 0 Å². The molecule has 178 valence electrons. The molecule has 1 amide bonds. The van der Waals surface area contributed by atoms with Crippen LogP contribution in [0.4, 0.5) is 11.6 Å². The number of carbonyl (C=O) groups is 2. The van der Waals surface area contributed by atoms with Gasteiger partial charge in [-0.05, 0) is 37.0 Å². The quantitative estimate of drug-likeness (QED) is 0.499. The normalized spacial score (nSPS) is 14.4. The van der Waals surface area contributed by atoms with Gasteiger partial charge in [0.1, 0.15) is 11.3 Å². The molecule has 0 spiro atoms. The largest absolute Gasteiger partial charge is 0.481 e. The highest BCUT2D eigenvalue weighted by Gasteiger charge is 2.29. The van der Waals surface area contributed by atoms with Crippen LogP contribution in [0.3, 0.4) is 0 Å². The maximum Gasteiger partial charge on any atom is 0.305 e. The minimum atomic E-state index is -0.963. The van der Waals surface area contributed by atoms with E-state index in [2.05, 4.69) is 10.3 Å². The first-order chi connectivity index (χ1) is 16.4. The monoisotopic (exact) mass is 463 g/mol. The maximum absolute atomic E-state index is 13.6. The van der Waals surface area contributed by atoms with Crippen molar-refractivity contribution in [2.45, 2.75) is 45.1 Å². The summed E-state index contributed by atoms with van der Waals surface area (Å²) in [5.74, 6) is -0.362. The van der Waals surface area contributed by atoms with Gasteiger partial charge in [-0.25, -0.2) is 9.97 Å². The number of carboxylic acid groups (broad SMARTS) is 1. The van der Waals surface area contributed by atoms with Crippen LogP contribution >= 0.6 is 0 Å². The Morgan fingerprint density at radius 1 is 1.18 bits per heavy atom. The smallest absolute Gasteiger partial charge is 0.305 e. The molecule has 0 bridgehead atoms. The molecule has 1 aromatic carbocycles. The van der Waals surface area contributed by atoms with Crippen LogP contribution in [0.5, 0.6) is 0 Å². The predicted octanol–water partition coefficient (Wildman–Crippen LogP) is 3.44. The van der Waals surface area contributed by atoms with Crippen molar-refractivity contribution in [3.63, 3.8) is 0 Å². The SMILES string of the molecule is CCC(c1ccccc1)n1c(=O)c(NCCC(=O)O)nc2ccc(N(C)C(=O)C3CCC3)nc21. The number of pyridine rings is 1. The molecule has 1 saturated carbocycles. The minimum absolute atomic E-state index is 0.0244. The number of anilines is 2. The molecule has 0 aliphatic heterocycles. The summed E-state index contributed by atoms with van der Waals surface area (Å²) >= 11 is 0. The first-order valence-electron chi connectivity index (χ1n) is 11.6. The lowest BCUT2D eigenvalue weighted by atomic mass is 9.84. The van der Waals surface area contributed by atoms with Crippen LogP contribution in [-0.4, -0.2) is 45.1 Å². The van der Waals surface area contributed by atoms with E-state index in [9.17, 15) is 14.4 Å². The maximum atomic E-state index is 13.6.